The molecule has 1 fully saturated rings. The number of anilines is 2. The maximum atomic E-state index is 13.9. The molecule has 194 valence electrons. The Balaban J connectivity index is 1.50. The maximum Gasteiger partial charge on any atom is 0.322 e. The van der Waals surface area contributed by atoms with E-state index in [1.165, 1.54) is 20.9 Å². The van der Waals surface area contributed by atoms with Crippen LogP contribution in [0.25, 0.3) is 11.0 Å². The van der Waals surface area contributed by atoms with Crippen molar-refractivity contribution in [3.8, 4) is 0 Å². The summed E-state index contributed by atoms with van der Waals surface area (Å²) in [6.07, 6.45) is 1.74. The number of carbonyl (C=O) groups is 4. The van der Waals surface area contributed by atoms with Crippen molar-refractivity contribution >= 4 is 57.4 Å². The van der Waals surface area contributed by atoms with E-state index in [9.17, 15) is 19.2 Å². The molecule has 1 aliphatic carbocycles. The Morgan fingerprint density at radius 3 is 2.53 bits per heavy atom. The van der Waals surface area contributed by atoms with Crippen molar-refractivity contribution in [3.63, 3.8) is 0 Å². The molecule has 1 atom stereocenters. The molecule has 0 aliphatic heterocycles. The third-order valence-electron chi connectivity index (χ3n) is 6.11. The van der Waals surface area contributed by atoms with Gasteiger partial charge in [-0.25, -0.2) is 4.68 Å². The van der Waals surface area contributed by atoms with Crippen LogP contribution in [0.3, 0.4) is 0 Å². The lowest BCUT2D eigenvalue weighted by atomic mass is 10.1. The molecule has 0 saturated heterocycles. The molecule has 0 spiro atoms. The molecule has 4 aromatic rings. The Labute approximate surface area is 221 Å². The van der Waals surface area contributed by atoms with Crippen LogP contribution < -0.4 is 15.5 Å². The van der Waals surface area contributed by atoms with E-state index in [1.807, 2.05) is 12.1 Å². The van der Waals surface area contributed by atoms with Crippen LogP contribution in [0.5, 0.6) is 0 Å². The number of carbonyl (C=O) groups excluding carboxylic acids is 3. The minimum atomic E-state index is -1.20. The number of carboxylic acid groups (broad SMARTS) is 1. The maximum absolute atomic E-state index is 13.9. The van der Waals surface area contributed by atoms with Crippen molar-refractivity contribution in [3.05, 3.63) is 70.9 Å². The Morgan fingerprint density at radius 1 is 1.08 bits per heavy atom. The first kappa shape index (κ1) is 25.1. The third kappa shape index (κ3) is 5.54. The monoisotopic (exact) mass is 532 g/mol. The van der Waals surface area contributed by atoms with Crippen LogP contribution in [0.1, 0.15) is 24.4 Å². The highest BCUT2D eigenvalue weighted by atomic mass is 32.1. The first-order chi connectivity index (χ1) is 18.4. The molecular formula is C26H24N6O5S. The van der Waals surface area contributed by atoms with E-state index in [1.54, 1.807) is 53.2 Å². The minimum absolute atomic E-state index is 0.0335. The zero-order valence-corrected chi connectivity index (χ0v) is 20.9. The average Bonchev–Trinajstić information content (AvgIpc) is 3.49. The molecule has 5 rings (SSSR count). The fourth-order valence-electron chi connectivity index (χ4n) is 4.08. The number of aromatic nitrogens is 3. The van der Waals surface area contributed by atoms with Gasteiger partial charge in [-0.3, -0.25) is 24.1 Å². The van der Waals surface area contributed by atoms with Crippen molar-refractivity contribution < 1.29 is 24.3 Å². The highest BCUT2D eigenvalue weighted by Crippen LogP contribution is 2.32. The number of hydrogen-bond donors (Lipinski definition) is 3. The molecule has 0 radical (unpaired) electrons. The van der Waals surface area contributed by atoms with Gasteiger partial charge in [0.05, 0.1) is 5.52 Å². The molecule has 2 heterocycles. The number of thiophene rings is 1. The second kappa shape index (κ2) is 10.8. The number of nitrogens with one attached hydrogen (secondary N) is 2. The first-order valence-corrected chi connectivity index (χ1v) is 12.9. The summed E-state index contributed by atoms with van der Waals surface area (Å²) in [4.78, 5) is 51.8. The first-order valence-electron chi connectivity index (χ1n) is 11.9. The lowest BCUT2D eigenvalue weighted by Crippen LogP contribution is -2.46. The van der Waals surface area contributed by atoms with E-state index in [4.69, 9.17) is 5.11 Å². The van der Waals surface area contributed by atoms with E-state index < -0.39 is 30.4 Å². The van der Waals surface area contributed by atoms with Crippen LogP contribution in [-0.2, 0) is 25.7 Å². The lowest BCUT2D eigenvalue weighted by Gasteiger charge is -2.31. The molecule has 0 bridgehead atoms. The average molecular weight is 533 g/mol. The van der Waals surface area contributed by atoms with Crippen molar-refractivity contribution in [2.24, 2.45) is 5.92 Å². The summed E-state index contributed by atoms with van der Waals surface area (Å²) < 4.78 is 1.45. The van der Waals surface area contributed by atoms with Gasteiger partial charge in [-0.2, -0.15) is 11.3 Å². The molecule has 12 heteroatoms. The van der Waals surface area contributed by atoms with Gasteiger partial charge in [0.2, 0.25) is 17.7 Å². The number of benzene rings is 2. The quantitative estimate of drug-likeness (QED) is 0.285. The number of fused-ring (bicyclic) bond motifs is 1. The van der Waals surface area contributed by atoms with Gasteiger partial charge < -0.3 is 15.7 Å². The normalized spacial score (nSPS) is 13.6. The number of hydrogen-bond acceptors (Lipinski definition) is 7. The molecule has 3 N–H and O–H groups in total. The van der Waals surface area contributed by atoms with Gasteiger partial charge in [0.1, 0.15) is 24.6 Å². The van der Waals surface area contributed by atoms with Gasteiger partial charge in [0.25, 0.3) is 0 Å². The lowest BCUT2D eigenvalue weighted by molar-refractivity contribution is -0.138. The summed E-state index contributed by atoms with van der Waals surface area (Å²) in [5, 5.41) is 26.1. The number of rotatable bonds is 10. The number of carboxylic acids is 1. The van der Waals surface area contributed by atoms with Gasteiger partial charge in [0.15, 0.2) is 0 Å². The van der Waals surface area contributed by atoms with Crippen molar-refractivity contribution in [1.29, 1.82) is 0 Å². The molecule has 1 unspecified atom stereocenters. The second-order valence-corrected chi connectivity index (χ2v) is 9.66. The van der Waals surface area contributed by atoms with E-state index in [0.29, 0.717) is 28.0 Å². The van der Waals surface area contributed by atoms with E-state index in [2.05, 4.69) is 20.9 Å². The van der Waals surface area contributed by atoms with Gasteiger partial charge in [-0.15, -0.1) is 5.10 Å². The van der Waals surface area contributed by atoms with Crippen molar-refractivity contribution in [1.82, 2.24) is 20.3 Å². The summed E-state index contributed by atoms with van der Waals surface area (Å²) in [5.41, 5.74) is 2.77. The fraction of sp³-hybridized carbons (Fsp3) is 0.231. The molecule has 38 heavy (non-hydrogen) atoms. The minimum Gasteiger partial charge on any atom is -0.480 e. The van der Waals surface area contributed by atoms with Crippen LogP contribution in [0.2, 0.25) is 0 Å². The SMILES string of the molecule is O=C(O)CNC(=O)C(c1ccsc1)N(C(=O)Cn1nnc2ccccc21)c1ccc(NC(=O)C2CC2)cc1. The molecular weight excluding hydrogens is 508 g/mol. The summed E-state index contributed by atoms with van der Waals surface area (Å²) in [5.74, 6) is -2.32. The van der Waals surface area contributed by atoms with E-state index in [0.717, 1.165) is 12.8 Å². The van der Waals surface area contributed by atoms with Crippen LogP contribution in [0.4, 0.5) is 11.4 Å². The molecule has 1 aliphatic rings. The highest BCUT2D eigenvalue weighted by Gasteiger charge is 2.34. The Kier molecular flexibility index (Phi) is 7.13. The zero-order valence-electron chi connectivity index (χ0n) is 20.1. The molecule has 2 aromatic heterocycles. The van der Waals surface area contributed by atoms with Crippen molar-refractivity contribution in [2.45, 2.75) is 25.4 Å². The Hall–Kier alpha value is -4.58. The summed E-state index contributed by atoms with van der Waals surface area (Å²) in [7, 11) is 0. The van der Waals surface area contributed by atoms with Gasteiger partial charge in [-0.05, 0) is 71.6 Å². The summed E-state index contributed by atoms with van der Waals surface area (Å²) >= 11 is 1.35. The van der Waals surface area contributed by atoms with Crippen LogP contribution in [0, 0.1) is 5.92 Å². The van der Waals surface area contributed by atoms with Crippen LogP contribution in [0.15, 0.2) is 65.4 Å². The Bertz CT molecular complexity index is 1480. The Morgan fingerprint density at radius 2 is 1.84 bits per heavy atom. The van der Waals surface area contributed by atoms with E-state index >= 15 is 0 Å². The van der Waals surface area contributed by atoms with Gasteiger partial charge in [0, 0.05) is 17.3 Å². The predicted molar refractivity (Wildman–Crippen MR) is 141 cm³/mol. The van der Waals surface area contributed by atoms with Crippen LogP contribution in [-0.4, -0.2) is 50.3 Å². The topological polar surface area (TPSA) is 147 Å². The largest absolute Gasteiger partial charge is 0.480 e. The zero-order chi connectivity index (χ0) is 26.6. The number of para-hydroxylation sites is 1. The second-order valence-electron chi connectivity index (χ2n) is 8.88. The highest BCUT2D eigenvalue weighted by molar-refractivity contribution is 7.08. The number of nitrogens with zero attached hydrogens (tertiary/aromatic N) is 4. The fourth-order valence-corrected chi connectivity index (χ4v) is 4.76. The number of aliphatic carboxylic acids is 1. The molecule has 1 saturated carbocycles. The summed E-state index contributed by atoms with van der Waals surface area (Å²) in [6.45, 7) is -0.811. The van der Waals surface area contributed by atoms with Crippen molar-refractivity contribution in [2.75, 3.05) is 16.8 Å². The number of amides is 3. The molecule has 3 amide bonds. The van der Waals surface area contributed by atoms with Crippen LogP contribution >= 0.6 is 11.3 Å². The predicted octanol–water partition coefficient (Wildman–Crippen LogP) is 2.82. The van der Waals surface area contributed by atoms with Gasteiger partial charge >= 0.3 is 5.97 Å². The standard InChI is InChI=1S/C26H24N6O5S/c33-22(14-31-21-4-2-1-3-20(21)29-30-31)32(19-9-7-18(8-10-19)28-25(36)16-5-6-16)24(17-11-12-38-15-17)26(37)27-13-23(34)35/h1-4,7-12,15-16,24H,5-6,13-14H2,(H,27,37)(H,28,36)(H,34,35). The molecule has 2 aromatic carbocycles. The smallest absolute Gasteiger partial charge is 0.322 e. The van der Waals surface area contributed by atoms with Gasteiger partial charge in [-0.1, -0.05) is 17.3 Å². The summed E-state index contributed by atoms with van der Waals surface area (Å²) in [6, 6.07) is 14.4. The van der Waals surface area contributed by atoms with E-state index in [-0.39, 0.29) is 18.4 Å². The molecule has 11 nitrogen and oxygen atoms in total. The third-order valence-corrected chi connectivity index (χ3v) is 6.82.